The average molecular weight is 240 g/mol. The molecule has 2 heterocycles. The van der Waals surface area contributed by atoms with Gasteiger partial charge in [0.2, 0.25) is 5.91 Å². The largest absolute Gasteiger partial charge is 0.387 e. The molecular weight excluding hydrogens is 224 g/mol. The number of aliphatic hydroxyl groups is 1. The Labute approximate surface area is 98.7 Å². The van der Waals surface area contributed by atoms with Crippen molar-refractivity contribution in [3.63, 3.8) is 0 Å². The van der Waals surface area contributed by atoms with Crippen molar-refractivity contribution in [2.75, 3.05) is 19.6 Å². The van der Waals surface area contributed by atoms with Gasteiger partial charge in [0.05, 0.1) is 12.0 Å². The summed E-state index contributed by atoms with van der Waals surface area (Å²) < 4.78 is 0. The molecule has 3 N–H and O–H groups in total. The fourth-order valence-electron chi connectivity index (χ4n) is 1.80. The van der Waals surface area contributed by atoms with E-state index in [1.54, 1.807) is 11.3 Å². The monoisotopic (exact) mass is 240 g/mol. The van der Waals surface area contributed by atoms with Crippen molar-refractivity contribution in [2.24, 2.45) is 5.92 Å². The number of hydrogen-bond acceptors (Lipinski definition) is 4. The highest BCUT2D eigenvalue weighted by Gasteiger charge is 2.22. The molecular formula is C11H16N2O2S. The molecule has 1 aliphatic heterocycles. The van der Waals surface area contributed by atoms with Gasteiger partial charge in [-0.25, -0.2) is 0 Å². The summed E-state index contributed by atoms with van der Waals surface area (Å²) >= 11 is 1.54. The van der Waals surface area contributed by atoms with Gasteiger partial charge < -0.3 is 15.7 Å². The Morgan fingerprint density at radius 1 is 1.75 bits per heavy atom. The maximum absolute atomic E-state index is 11.7. The highest BCUT2D eigenvalue weighted by molar-refractivity contribution is 7.07. The van der Waals surface area contributed by atoms with Crippen molar-refractivity contribution in [2.45, 2.75) is 12.5 Å². The molecule has 2 atom stereocenters. The Balaban J connectivity index is 1.76. The molecule has 0 spiro atoms. The highest BCUT2D eigenvalue weighted by Crippen LogP contribution is 2.15. The zero-order valence-corrected chi connectivity index (χ0v) is 9.80. The van der Waals surface area contributed by atoms with E-state index in [1.165, 1.54) is 0 Å². The van der Waals surface area contributed by atoms with Gasteiger partial charge in [0.25, 0.3) is 0 Å². The van der Waals surface area contributed by atoms with Crippen LogP contribution in [0.3, 0.4) is 0 Å². The lowest BCUT2D eigenvalue weighted by Crippen LogP contribution is -2.34. The number of thiophene rings is 1. The topological polar surface area (TPSA) is 61.4 Å². The van der Waals surface area contributed by atoms with Crippen LogP contribution in [-0.4, -0.2) is 30.6 Å². The summed E-state index contributed by atoms with van der Waals surface area (Å²) in [6, 6.07) is 1.87. The molecule has 0 saturated carbocycles. The van der Waals surface area contributed by atoms with E-state index in [0.29, 0.717) is 6.54 Å². The van der Waals surface area contributed by atoms with Crippen LogP contribution in [0.1, 0.15) is 18.1 Å². The van der Waals surface area contributed by atoms with E-state index in [-0.39, 0.29) is 11.8 Å². The average Bonchev–Trinajstić information content (AvgIpc) is 2.95. The Morgan fingerprint density at radius 3 is 3.25 bits per heavy atom. The van der Waals surface area contributed by atoms with E-state index >= 15 is 0 Å². The second-order valence-corrected chi connectivity index (χ2v) is 4.79. The zero-order valence-electron chi connectivity index (χ0n) is 8.98. The van der Waals surface area contributed by atoms with Gasteiger partial charge in [-0.05, 0) is 35.4 Å². The number of hydrogen-bond donors (Lipinski definition) is 3. The van der Waals surface area contributed by atoms with E-state index in [4.69, 9.17) is 0 Å². The van der Waals surface area contributed by atoms with E-state index in [1.807, 2.05) is 16.8 Å². The molecule has 88 valence electrons. The maximum atomic E-state index is 11.7. The van der Waals surface area contributed by atoms with Gasteiger partial charge in [0.15, 0.2) is 0 Å². The summed E-state index contributed by atoms with van der Waals surface area (Å²) in [6.07, 6.45) is 0.296. The fourth-order valence-corrected chi connectivity index (χ4v) is 2.51. The van der Waals surface area contributed by atoms with Crippen molar-refractivity contribution in [1.29, 1.82) is 0 Å². The van der Waals surface area contributed by atoms with E-state index in [2.05, 4.69) is 10.6 Å². The van der Waals surface area contributed by atoms with Crippen LogP contribution in [0.4, 0.5) is 0 Å². The summed E-state index contributed by atoms with van der Waals surface area (Å²) in [5, 5.41) is 19.5. The van der Waals surface area contributed by atoms with Gasteiger partial charge in [-0.1, -0.05) is 0 Å². The summed E-state index contributed by atoms with van der Waals surface area (Å²) in [6.45, 7) is 1.96. The summed E-state index contributed by atoms with van der Waals surface area (Å²) in [5.41, 5.74) is 0.870. The van der Waals surface area contributed by atoms with Crippen LogP contribution < -0.4 is 10.6 Å². The number of carbonyl (C=O) groups is 1. The van der Waals surface area contributed by atoms with Crippen molar-refractivity contribution in [3.05, 3.63) is 22.4 Å². The second-order valence-electron chi connectivity index (χ2n) is 4.01. The number of amides is 1. The van der Waals surface area contributed by atoms with Crippen LogP contribution in [0.5, 0.6) is 0 Å². The lowest BCUT2D eigenvalue weighted by atomic mass is 10.1. The van der Waals surface area contributed by atoms with Gasteiger partial charge >= 0.3 is 0 Å². The molecule has 1 amide bonds. The number of carbonyl (C=O) groups excluding carboxylic acids is 1. The van der Waals surface area contributed by atoms with E-state index in [9.17, 15) is 9.90 Å². The van der Waals surface area contributed by atoms with Crippen molar-refractivity contribution >= 4 is 17.2 Å². The van der Waals surface area contributed by atoms with Crippen LogP contribution in [0.2, 0.25) is 0 Å². The molecule has 1 aromatic heterocycles. The standard InChI is InChI=1S/C11H16N2O2S/c14-10(9-2-4-16-7-9)6-13-11(15)8-1-3-12-5-8/h2,4,7-8,10,12,14H,1,3,5-6H2,(H,13,15). The summed E-state index contributed by atoms with van der Waals surface area (Å²) in [5.74, 6) is 0.106. The predicted octanol–water partition coefficient (Wildman–Crippen LogP) is 0.507. The molecule has 2 rings (SSSR count). The molecule has 5 heteroatoms. The third-order valence-corrected chi connectivity index (χ3v) is 3.53. The van der Waals surface area contributed by atoms with Crippen LogP contribution >= 0.6 is 11.3 Å². The van der Waals surface area contributed by atoms with E-state index < -0.39 is 6.10 Å². The minimum Gasteiger partial charge on any atom is -0.387 e. The maximum Gasteiger partial charge on any atom is 0.224 e. The molecule has 0 aliphatic carbocycles. The van der Waals surface area contributed by atoms with Crippen LogP contribution in [0.25, 0.3) is 0 Å². The minimum atomic E-state index is -0.593. The van der Waals surface area contributed by atoms with Crippen molar-refractivity contribution in [1.82, 2.24) is 10.6 Å². The van der Waals surface area contributed by atoms with Crippen LogP contribution in [-0.2, 0) is 4.79 Å². The fraction of sp³-hybridized carbons (Fsp3) is 0.545. The first-order valence-electron chi connectivity index (χ1n) is 5.46. The van der Waals surface area contributed by atoms with Gasteiger partial charge in [-0.2, -0.15) is 11.3 Å². The van der Waals surface area contributed by atoms with E-state index in [0.717, 1.165) is 25.1 Å². The molecule has 0 aromatic carbocycles. The first kappa shape index (κ1) is 11.6. The first-order valence-corrected chi connectivity index (χ1v) is 6.40. The number of aliphatic hydroxyl groups excluding tert-OH is 1. The third-order valence-electron chi connectivity index (χ3n) is 2.83. The van der Waals surface area contributed by atoms with Crippen molar-refractivity contribution < 1.29 is 9.90 Å². The molecule has 1 aliphatic rings. The van der Waals surface area contributed by atoms with Gasteiger partial charge in [-0.3, -0.25) is 4.79 Å². The second kappa shape index (κ2) is 5.43. The Hall–Kier alpha value is -0.910. The number of rotatable bonds is 4. The van der Waals surface area contributed by atoms with Gasteiger partial charge in [-0.15, -0.1) is 0 Å². The zero-order chi connectivity index (χ0) is 11.4. The minimum absolute atomic E-state index is 0.0410. The molecule has 4 nitrogen and oxygen atoms in total. The molecule has 1 aromatic rings. The van der Waals surface area contributed by atoms with Crippen LogP contribution in [0, 0.1) is 5.92 Å². The SMILES string of the molecule is O=C(NCC(O)c1ccsc1)C1CCNC1. The quantitative estimate of drug-likeness (QED) is 0.718. The normalized spacial score (nSPS) is 21.9. The highest BCUT2D eigenvalue weighted by atomic mass is 32.1. The lowest BCUT2D eigenvalue weighted by molar-refractivity contribution is -0.124. The van der Waals surface area contributed by atoms with Crippen LogP contribution in [0.15, 0.2) is 16.8 Å². The Bertz CT molecular complexity index is 334. The Kier molecular flexibility index (Phi) is 3.93. The lowest BCUT2D eigenvalue weighted by Gasteiger charge is -2.13. The Morgan fingerprint density at radius 2 is 2.62 bits per heavy atom. The molecule has 0 radical (unpaired) electrons. The molecule has 0 bridgehead atoms. The number of nitrogens with one attached hydrogen (secondary N) is 2. The smallest absolute Gasteiger partial charge is 0.224 e. The first-order chi connectivity index (χ1) is 7.77. The molecule has 2 unspecified atom stereocenters. The summed E-state index contributed by atoms with van der Waals surface area (Å²) in [7, 11) is 0. The molecule has 1 fully saturated rings. The van der Waals surface area contributed by atoms with Gasteiger partial charge in [0, 0.05) is 13.1 Å². The van der Waals surface area contributed by atoms with Crippen molar-refractivity contribution in [3.8, 4) is 0 Å². The predicted molar refractivity (Wildman–Crippen MR) is 63.3 cm³/mol. The third kappa shape index (κ3) is 2.81. The summed E-state index contributed by atoms with van der Waals surface area (Å²) in [4.78, 5) is 11.7. The molecule has 1 saturated heterocycles. The van der Waals surface area contributed by atoms with Gasteiger partial charge in [0.1, 0.15) is 0 Å². The molecule has 16 heavy (non-hydrogen) atoms.